The van der Waals surface area contributed by atoms with Crippen molar-refractivity contribution in [3.63, 3.8) is 0 Å². The van der Waals surface area contributed by atoms with Gasteiger partial charge in [-0.25, -0.2) is 8.78 Å². The fraction of sp³-hybridized carbons (Fsp3) is 0.600. The molecule has 0 spiro atoms. The summed E-state index contributed by atoms with van der Waals surface area (Å²) in [6.45, 7) is 10.4. The average molecular weight is 342 g/mol. The molecule has 1 aliphatic rings. The van der Waals surface area contributed by atoms with Gasteiger partial charge in [-0.2, -0.15) is 0 Å². The lowest BCUT2D eigenvalue weighted by Crippen LogP contribution is -2.41. The molecule has 132 valence electrons. The first kappa shape index (κ1) is 18.6. The van der Waals surface area contributed by atoms with E-state index in [1.165, 1.54) is 0 Å². The van der Waals surface area contributed by atoms with Crippen LogP contribution < -0.4 is 10.8 Å². The summed E-state index contributed by atoms with van der Waals surface area (Å²) in [4.78, 5) is 10.5. The Balaban J connectivity index is 2.56. The molecule has 1 aromatic carbocycles. The van der Waals surface area contributed by atoms with Crippen LogP contribution in [-0.4, -0.2) is 29.3 Å². The molecular formula is C15H21BF2N2O4. The maximum Gasteiger partial charge on any atom is 0.498 e. The molecular weight excluding hydrogens is 321 g/mol. The highest BCUT2D eigenvalue weighted by Gasteiger charge is 2.53. The molecule has 0 atom stereocenters. The summed E-state index contributed by atoms with van der Waals surface area (Å²) in [6, 6.07) is 0.658. The fourth-order valence-corrected chi connectivity index (χ4v) is 2.34. The standard InChI is InChI=1S/C15H21BF2N2O4/c1-8(2)19-13-10(20(21)22)7-9(11(17)12(13)18)16-23-14(3,4)15(5,6)24-16/h7-8,19H,1-6H3. The van der Waals surface area contributed by atoms with E-state index in [1.807, 2.05) is 0 Å². The van der Waals surface area contributed by atoms with E-state index in [9.17, 15) is 18.9 Å². The number of nitrogens with one attached hydrogen (secondary N) is 1. The molecule has 0 aliphatic carbocycles. The van der Waals surface area contributed by atoms with Gasteiger partial charge in [0.05, 0.1) is 16.1 Å². The molecule has 0 radical (unpaired) electrons. The highest BCUT2D eigenvalue weighted by Crippen LogP contribution is 2.38. The molecule has 24 heavy (non-hydrogen) atoms. The first-order chi connectivity index (χ1) is 10.9. The van der Waals surface area contributed by atoms with Crippen LogP contribution in [0.2, 0.25) is 0 Å². The third-order valence-electron chi connectivity index (χ3n) is 4.35. The normalized spacial score (nSPS) is 19.0. The molecule has 1 saturated heterocycles. The molecule has 0 bridgehead atoms. The van der Waals surface area contributed by atoms with Crippen molar-refractivity contribution in [1.82, 2.24) is 0 Å². The number of rotatable bonds is 4. The molecule has 0 unspecified atom stereocenters. The number of hydrogen-bond acceptors (Lipinski definition) is 5. The molecule has 1 fully saturated rings. The van der Waals surface area contributed by atoms with Gasteiger partial charge in [-0.1, -0.05) is 0 Å². The van der Waals surface area contributed by atoms with Crippen molar-refractivity contribution >= 4 is 24.0 Å². The summed E-state index contributed by atoms with van der Waals surface area (Å²) < 4.78 is 40.3. The van der Waals surface area contributed by atoms with E-state index in [4.69, 9.17) is 9.31 Å². The Morgan fingerprint density at radius 1 is 1.17 bits per heavy atom. The molecule has 9 heteroatoms. The van der Waals surface area contributed by atoms with E-state index < -0.39 is 46.3 Å². The third-order valence-corrected chi connectivity index (χ3v) is 4.35. The van der Waals surface area contributed by atoms with E-state index in [0.29, 0.717) is 0 Å². The van der Waals surface area contributed by atoms with Crippen molar-refractivity contribution in [2.24, 2.45) is 0 Å². The highest BCUT2D eigenvalue weighted by atomic mass is 19.2. The van der Waals surface area contributed by atoms with Gasteiger partial charge in [0.15, 0.2) is 17.3 Å². The van der Waals surface area contributed by atoms with Gasteiger partial charge in [0.1, 0.15) is 0 Å². The minimum Gasteiger partial charge on any atom is -0.399 e. The number of halogens is 2. The number of nitrogens with zero attached hydrogens (tertiary/aromatic N) is 1. The first-order valence-corrected chi connectivity index (χ1v) is 7.66. The Labute approximate surface area is 139 Å². The summed E-state index contributed by atoms with van der Waals surface area (Å²) in [5.74, 6) is -2.54. The Kier molecular flexibility index (Phi) is 4.62. The van der Waals surface area contributed by atoms with Crippen LogP contribution in [0, 0.1) is 21.7 Å². The predicted molar refractivity (Wildman–Crippen MR) is 87.5 cm³/mol. The number of benzene rings is 1. The second kappa shape index (κ2) is 5.96. The highest BCUT2D eigenvalue weighted by molar-refractivity contribution is 6.62. The predicted octanol–water partition coefficient (Wildman–Crippen LogP) is 2.99. The third kappa shape index (κ3) is 3.10. The quantitative estimate of drug-likeness (QED) is 0.517. The Morgan fingerprint density at radius 2 is 1.67 bits per heavy atom. The topological polar surface area (TPSA) is 73.6 Å². The van der Waals surface area contributed by atoms with Crippen molar-refractivity contribution in [3.05, 3.63) is 27.8 Å². The largest absolute Gasteiger partial charge is 0.498 e. The molecule has 2 rings (SSSR count). The van der Waals surface area contributed by atoms with Gasteiger partial charge in [0.2, 0.25) is 0 Å². The second-order valence-electron chi connectivity index (χ2n) is 7.13. The van der Waals surface area contributed by atoms with E-state index in [1.54, 1.807) is 41.5 Å². The van der Waals surface area contributed by atoms with Crippen LogP contribution in [-0.2, 0) is 9.31 Å². The molecule has 1 heterocycles. The van der Waals surface area contributed by atoms with Gasteiger partial charge in [-0.15, -0.1) is 0 Å². The Hall–Kier alpha value is -1.74. The number of nitro benzene ring substituents is 1. The van der Waals surface area contributed by atoms with Crippen LogP contribution in [0.1, 0.15) is 41.5 Å². The van der Waals surface area contributed by atoms with Crippen LogP contribution in [0.25, 0.3) is 0 Å². The fourth-order valence-electron chi connectivity index (χ4n) is 2.34. The zero-order valence-electron chi connectivity index (χ0n) is 14.6. The summed E-state index contributed by atoms with van der Waals surface area (Å²) in [6.07, 6.45) is 0. The summed E-state index contributed by atoms with van der Waals surface area (Å²) in [5.41, 5.74) is -2.92. The zero-order valence-corrected chi connectivity index (χ0v) is 14.6. The van der Waals surface area contributed by atoms with Crippen molar-refractivity contribution in [1.29, 1.82) is 0 Å². The van der Waals surface area contributed by atoms with Gasteiger partial charge in [-0.05, 0) is 41.5 Å². The smallest absolute Gasteiger partial charge is 0.399 e. The van der Waals surface area contributed by atoms with E-state index in [0.717, 1.165) is 6.07 Å². The van der Waals surface area contributed by atoms with Crippen molar-refractivity contribution < 1.29 is 23.0 Å². The van der Waals surface area contributed by atoms with Crippen molar-refractivity contribution in [2.45, 2.75) is 58.8 Å². The van der Waals surface area contributed by atoms with Crippen LogP contribution >= 0.6 is 0 Å². The number of anilines is 1. The molecule has 1 aliphatic heterocycles. The minimum atomic E-state index is -1.32. The van der Waals surface area contributed by atoms with Crippen molar-refractivity contribution in [3.8, 4) is 0 Å². The maximum atomic E-state index is 14.5. The Morgan fingerprint density at radius 3 is 2.08 bits per heavy atom. The van der Waals surface area contributed by atoms with Crippen LogP contribution in [0.4, 0.5) is 20.2 Å². The first-order valence-electron chi connectivity index (χ1n) is 7.66. The van der Waals surface area contributed by atoms with Crippen molar-refractivity contribution in [2.75, 3.05) is 5.32 Å². The van der Waals surface area contributed by atoms with Crippen LogP contribution in [0.15, 0.2) is 6.07 Å². The van der Waals surface area contributed by atoms with Gasteiger partial charge < -0.3 is 14.6 Å². The van der Waals surface area contributed by atoms with Gasteiger partial charge in [-0.3, -0.25) is 10.1 Å². The lowest BCUT2D eigenvalue weighted by Gasteiger charge is -2.32. The molecule has 1 N–H and O–H groups in total. The second-order valence-corrected chi connectivity index (χ2v) is 7.13. The van der Waals surface area contributed by atoms with Gasteiger partial charge in [0.25, 0.3) is 5.69 Å². The Bertz CT molecular complexity index is 664. The molecule has 0 aromatic heterocycles. The van der Waals surface area contributed by atoms with E-state index >= 15 is 0 Å². The van der Waals surface area contributed by atoms with Gasteiger partial charge in [0, 0.05) is 17.6 Å². The molecule has 0 saturated carbocycles. The number of nitro groups is 1. The van der Waals surface area contributed by atoms with E-state index in [2.05, 4.69) is 5.32 Å². The number of hydrogen-bond donors (Lipinski definition) is 1. The van der Waals surface area contributed by atoms with Crippen LogP contribution in [0.3, 0.4) is 0 Å². The van der Waals surface area contributed by atoms with E-state index in [-0.39, 0.29) is 11.5 Å². The molecule has 1 aromatic rings. The minimum absolute atomic E-state index is 0.305. The molecule has 6 nitrogen and oxygen atoms in total. The molecule has 0 amide bonds. The SMILES string of the molecule is CC(C)Nc1c([N+](=O)[O-])cc(B2OC(C)(C)C(C)(C)O2)c(F)c1F. The zero-order chi connectivity index (χ0) is 18.4. The summed E-state index contributed by atoms with van der Waals surface area (Å²) in [7, 11) is -1.23. The lowest BCUT2D eigenvalue weighted by molar-refractivity contribution is -0.384. The average Bonchev–Trinajstić information content (AvgIpc) is 2.63. The van der Waals surface area contributed by atoms with Crippen LogP contribution in [0.5, 0.6) is 0 Å². The lowest BCUT2D eigenvalue weighted by atomic mass is 9.78. The monoisotopic (exact) mass is 342 g/mol. The summed E-state index contributed by atoms with van der Waals surface area (Å²) >= 11 is 0. The summed E-state index contributed by atoms with van der Waals surface area (Å²) in [5, 5.41) is 13.9. The van der Waals surface area contributed by atoms with Gasteiger partial charge >= 0.3 is 7.12 Å². The maximum absolute atomic E-state index is 14.5.